The van der Waals surface area contributed by atoms with Gasteiger partial charge in [0.2, 0.25) is 0 Å². The van der Waals surface area contributed by atoms with Crippen LogP contribution in [0.25, 0.3) is 10.6 Å². The smallest absolute Gasteiger partial charge is 0.413 e. The summed E-state index contributed by atoms with van der Waals surface area (Å²) in [5.74, 6) is -0.263. The summed E-state index contributed by atoms with van der Waals surface area (Å²) >= 11 is 2.45. The van der Waals surface area contributed by atoms with Crippen molar-refractivity contribution in [3.8, 4) is 10.6 Å². The van der Waals surface area contributed by atoms with E-state index in [4.69, 9.17) is 0 Å². The van der Waals surface area contributed by atoms with Gasteiger partial charge in [-0.05, 0) is 39.8 Å². The van der Waals surface area contributed by atoms with Crippen molar-refractivity contribution in [2.75, 3.05) is 45.2 Å². The zero-order valence-electron chi connectivity index (χ0n) is 22.3. The second-order valence-electron chi connectivity index (χ2n) is 9.14. The number of anilines is 1. The van der Waals surface area contributed by atoms with E-state index < -0.39 is 16.1 Å². The molecule has 0 spiro atoms. The monoisotopic (exact) mass is 593 g/mol. The molecule has 1 aliphatic heterocycles. The van der Waals surface area contributed by atoms with Crippen molar-refractivity contribution in [3.63, 3.8) is 0 Å². The molecule has 1 fully saturated rings. The molecule has 15 heteroatoms. The molecule has 1 saturated heterocycles. The van der Waals surface area contributed by atoms with Gasteiger partial charge < -0.3 is 10.1 Å². The molecule has 0 bridgehead atoms. The number of ether oxygens (including phenoxy) is 1. The minimum absolute atomic E-state index is 0.0985. The molecule has 3 aromatic heterocycles. The van der Waals surface area contributed by atoms with E-state index in [0.29, 0.717) is 44.1 Å². The summed E-state index contributed by atoms with van der Waals surface area (Å²) in [6, 6.07) is 5.20. The quantitative estimate of drug-likeness (QED) is 0.402. The molecule has 1 atom stereocenters. The van der Waals surface area contributed by atoms with Gasteiger partial charge in [0.1, 0.15) is 5.69 Å². The Balaban J connectivity index is 1.32. The first-order chi connectivity index (χ1) is 18.5. The summed E-state index contributed by atoms with van der Waals surface area (Å²) in [6.07, 6.45) is -0.712. The molecule has 0 aliphatic carbocycles. The Morgan fingerprint density at radius 3 is 2.41 bits per heavy atom. The van der Waals surface area contributed by atoms with Crippen LogP contribution in [0.3, 0.4) is 0 Å². The number of carbonyl (C=O) groups is 2. The molecule has 4 rings (SSSR count). The Hall–Kier alpha value is -2.98. The molecular formula is C24H31N7O5S3. The number of carbonyl (C=O) groups excluding carboxylic acids is 2. The molecule has 12 nitrogen and oxygen atoms in total. The highest BCUT2D eigenvalue weighted by Gasteiger charge is 2.32. The Morgan fingerprint density at radius 2 is 1.77 bits per heavy atom. The van der Waals surface area contributed by atoms with Crippen molar-refractivity contribution in [3.05, 3.63) is 40.3 Å². The van der Waals surface area contributed by atoms with E-state index in [1.54, 1.807) is 24.3 Å². The normalized spacial score (nSPS) is 15.6. The Kier molecular flexibility index (Phi) is 8.96. The fourth-order valence-corrected chi connectivity index (χ4v) is 8.12. The second-order valence-corrected chi connectivity index (χ2v) is 13.5. The summed E-state index contributed by atoms with van der Waals surface area (Å²) in [5.41, 5.74) is 2.27. The van der Waals surface area contributed by atoms with Crippen molar-refractivity contribution in [2.24, 2.45) is 0 Å². The van der Waals surface area contributed by atoms with Gasteiger partial charge in [-0.15, -0.1) is 11.3 Å². The van der Waals surface area contributed by atoms with E-state index >= 15 is 0 Å². The summed E-state index contributed by atoms with van der Waals surface area (Å²) in [7, 11) is -2.54. The van der Waals surface area contributed by atoms with E-state index in [2.05, 4.69) is 35.2 Å². The first kappa shape index (κ1) is 29.0. The van der Waals surface area contributed by atoms with Crippen LogP contribution in [0, 0.1) is 20.8 Å². The average Bonchev–Trinajstić information content (AvgIpc) is 3.44. The molecule has 2 amide bonds. The SMILES string of the molecule is COC(=O)Nc1nc(C)c(S(=O)(=O)N2CCN(C[C@H](C)NC(=O)c3cccc(-c4sc(C)nc4C)n3)CC2)s1. The number of sulfonamides is 1. The van der Waals surface area contributed by atoms with E-state index in [1.165, 1.54) is 11.4 Å². The number of rotatable bonds is 8. The van der Waals surface area contributed by atoms with Gasteiger partial charge in [0, 0.05) is 38.8 Å². The average molecular weight is 594 g/mol. The first-order valence-electron chi connectivity index (χ1n) is 12.2. The lowest BCUT2D eigenvalue weighted by Gasteiger charge is -2.35. The topological polar surface area (TPSA) is 147 Å². The van der Waals surface area contributed by atoms with Crippen LogP contribution in [0.5, 0.6) is 0 Å². The fraction of sp³-hybridized carbons (Fsp3) is 0.458. The standard InChI is InChI=1S/C24H31N7O5S3/c1-14(25-21(32)19-8-6-7-18(28-19)20-15(2)26-17(4)37-20)13-30-9-11-31(12-10-30)39(34,35)22-16(3)27-23(38-22)29-24(33)36-5/h6-8,14H,9-13H2,1-5H3,(H,25,32)(H,27,29,33)/t14-/m0/s1. The maximum absolute atomic E-state index is 13.2. The van der Waals surface area contributed by atoms with Gasteiger partial charge in [-0.1, -0.05) is 17.4 Å². The number of amides is 2. The predicted octanol–water partition coefficient (Wildman–Crippen LogP) is 2.89. The third-order valence-electron chi connectivity index (χ3n) is 6.08. The highest BCUT2D eigenvalue weighted by molar-refractivity contribution is 7.91. The number of piperazine rings is 1. The lowest BCUT2D eigenvalue weighted by Crippen LogP contribution is -2.52. The maximum Gasteiger partial charge on any atom is 0.413 e. The highest BCUT2D eigenvalue weighted by atomic mass is 32.2. The lowest BCUT2D eigenvalue weighted by atomic mass is 10.2. The Morgan fingerprint density at radius 1 is 1.05 bits per heavy atom. The third-order valence-corrected chi connectivity index (χ3v) is 10.7. The van der Waals surface area contributed by atoms with Gasteiger partial charge >= 0.3 is 6.09 Å². The molecule has 0 saturated carbocycles. The van der Waals surface area contributed by atoms with Crippen molar-refractivity contribution in [1.29, 1.82) is 0 Å². The number of nitrogens with zero attached hydrogens (tertiary/aromatic N) is 5. The molecule has 39 heavy (non-hydrogen) atoms. The predicted molar refractivity (Wildman–Crippen MR) is 150 cm³/mol. The molecule has 0 aromatic carbocycles. The van der Waals surface area contributed by atoms with Crippen LogP contribution in [-0.2, 0) is 14.8 Å². The third kappa shape index (κ3) is 6.78. The van der Waals surface area contributed by atoms with Gasteiger partial charge in [-0.2, -0.15) is 4.31 Å². The molecule has 0 radical (unpaired) electrons. The number of hydrogen-bond donors (Lipinski definition) is 2. The minimum atomic E-state index is -3.76. The summed E-state index contributed by atoms with van der Waals surface area (Å²) < 4.78 is 32.5. The van der Waals surface area contributed by atoms with Crippen LogP contribution < -0.4 is 10.6 Å². The van der Waals surface area contributed by atoms with Crippen molar-refractivity contribution < 1.29 is 22.7 Å². The zero-order chi connectivity index (χ0) is 28.3. The second kappa shape index (κ2) is 12.0. The molecule has 210 valence electrons. The van der Waals surface area contributed by atoms with Crippen LogP contribution in [-0.4, -0.2) is 90.5 Å². The van der Waals surface area contributed by atoms with Crippen LogP contribution in [0.15, 0.2) is 22.4 Å². The Labute approximate surface area is 235 Å². The number of methoxy groups -OCH3 is 1. The molecule has 0 unspecified atom stereocenters. The lowest BCUT2D eigenvalue weighted by molar-refractivity contribution is 0.0917. The molecular weight excluding hydrogens is 563 g/mol. The van der Waals surface area contributed by atoms with Crippen molar-refractivity contribution in [2.45, 2.75) is 37.9 Å². The molecule has 4 heterocycles. The number of pyridine rings is 1. The molecule has 3 aromatic rings. The number of aryl methyl sites for hydroxylation is 3. The number of aromatic nitrogens is 3. The molecule has 2 N–H and O–H groups in total. The van der Waals surface area contributed by atoms with Gasteiger partial charge in [-0.25, -0.2) is 28.2 Å². The van der Waals surface area contributed by atoms with E-state index in [-0.39, 0.29) is 21.3 Å². The maximum atomic E-state index is 13.2. The van der Waals surface area contributed by atoms with E-state index in [1.807, 2.05) is 32.9 Å². The van der Waals surface area contributed by atoms with Crippen LogP contribution in [0.2, 0.25) is 0 Å². The molecule has 1 aliphatic rings. The number of hydrogen-bond acceptors (Lipinski definition) is 11. The van der Waals surface area contributed by atoms with Crippen LogP contribution >= 0.6 is 22.7 Å². The fourth-order valence-electron chi connectivity index (χ4n) is 4.27. The summed E-state index contributed by atoms with van der Waals surface area (Å²) in [5, 5.41) is 6.53. The summed E-state index contributed by atoms with van der Waals surface area (Å²) in [6.45, 7) is 9.58. The van der Waals surface area contributed by atoms with Gasteiger partial charge in [-0.3, -0.25) is 15.0 Å². The first-order valence-corrected chi connectivity index (χ1v) is 15.3. The minimum Gasteiger partial charge on any atom is -0.453 e. The van der Waals surface area contributed by atoms with Gasteiger partial charge in [0.25, 0.3) is 15.9 Å². The number of thiazole rings is 2. The van der Waals surface area contributed by atoms with E-state index in [9.17, 15) is 18.0 Å². The van der Waals surface area contributed by atoms with Gasteiger partial charge in [0.15, 0.2) is 9.34 Å². The zero-order valence-corrected chi connectivity index (χ0v) is 24.8. The van der Waals surface area contributed by atoms with Gasteiger partial charge in [0.05, 0.1) is 34.1 Å². The van der Waals surface area contributed by atoms with Crippen LogP contribution in [0.1, 0.15) is 33.8 Å². The summed E-state index contributed by atoms with van der Waals surface area (Å²) in [4.78, 5) is 40.5. The largest absolute Gasteiger partial charge is 0.453 e. The highest BCUT2D eigenvalue weighted by Crippen LogP contribution is 2.31. The van der Waals surface area contributed by atoms with Crippen molar-refractivity contribution >= 4 is 49.8 Å². The van der Waals surface area contributed by atoms with E-state index in [0.717, 1.165) is 32.6 Å². The van der Waals surface area contributed by atoms with Crippen molar-refractivity contribution in [1.82, 2.24) is 29.5 Å². The van der Waals surface area contributed by atoms with Crippen LogP contribution in [0.4, 0.5) is 9.93 Å². The number of nitrogens with one attached hydrogen (secondary N) is 2. The Bertz CT molecular complexity index is 1460.